The predicted molar refractivity (Wildman–Crippen MR) is 137 cm³/mol. The van der Waals surface area contributed by atoms with Gasteiger partial charge in [0.05, 0.1) is 32.4 Å². The van der Waals surface area contributed by atoms with Crippen molar-refractivity contribution in [1.29, 1.82) is 0 Å². The van der Waals surface area contributed by atoms with Crippen molar-refractivity contribution in [3.8, 4) is 23.0 Å². The van der Waals surface area contributed by atoms with Gasteiger partial charge in [-0.15, -0.1) is 0 Å². The number of rotatable bonds is 10. The number of hydrogen-bond acceptors (Lipinski definition) is 9. The van der Waals surface area contributed by atoms with E-state index in [0.717, 1.165) is 10.6 Å². The van der Waals surface area contributed by atoms with Gasteiger partial charge in [-0.05, 0) is 60.2 Å². The number of para-hydroxylation sites is 1. The molecule has 1 N–H and O–H groups in total. The maximum atomic E-state index is 12.5. The lowest BCUT2D eigenvalue weighted by molar-refractivity contribution is -0.119. The van der Waals surface area contributed by atoms with E-state index in [0.29, 0.717) is 17.1 Å². The van der Waals surface area contributed by atoms with Crippen LogP contribution in [-0.4, -0.2) is 53.7 Å². The molecule has 0 aliphatic carbocycles. The number of methoxy groups -OCH3 is 2. The predicted octanol–water partition coefficient (Wildman–Crippen LogP) is 3.55. The van der Waals surface area contributed by atoms with Gasteiger partial charge < -0.3 is 18.9 Å². The van der Waals surface area contributed by atoms with Crippen LogP contribution in [0.15, 0.2) is 77.9 Å². The highest BCUT2D eigenvalue weighted by molar-refractivity contribution is 7.92. The van der Waals surface area contributed by atoms with Gasteiger partial charge in [-0.3, -0.25) is 9.10 Å². The van der Waals surface area contributed by atoms with Crippen LogP contribution in [0.25, 0.3) is 0 Å². The molecule has 0 atom stereocenters. The summed E-state index contributed by atoms with van der Waals surface area (Å²) in [6.45, 7) is -0.496. The van der Waals surface area contributed by atoms with E-state index in [4.69, 9.17) is 14.2 Å². The van der Waals surface area contributed by atoms with E-state index in [1.807, 2.05) is 18.2 Å². The molecule has 0 bridgehead atoms. The average Bonchev–Trinajstić information content (AvgIpc) is 2.88. The molecule has 11 nitrogen and oxygen atoms in total. The molecule has 0 unspecified atom stereocenters. The Morgan fingerprint density at radius 2 is 1.62 bits per heavy atom. The van der Waals surface area contributed by atoms with Gasteiger partial charge >= 0.3 is 6.16 Å². The molecule has 3 aromatic rings. The first-order valence-corrected chi connectivity index (χ1v) is 12.6. The van der Waals surface area contributed by atoms with Crippen LogP contribution in [-0.2, 0) is 19.6 Å². The first-order valence-electron chi connectivity index (χ1n) is 10.8. The van der Waals surface area contributed by atoms with Gasteiger partial charge in [0.1, 0.15) is 18.0 Å². The minimum Gasteiger partial charge on any atom is -0.493 e. The molecule has 0 aliphatic heterocycles. The zero-order chi connectivity index (χ0) is 26.8. The summed E-state index contributed by atoms with van der Waals surface area (Å²) in [6.07, 6.45) is 1.42. The lowest BCUT2D eigenvalue weighted by Crippen LogP contribution is -2.39. The van der Waals surface area contributed by atoms with Gasteiger partial charge in [0, 0.05) is 0 Å². The quantitative estimate of drug-likeness (QED) is 0.183. The summed E-state index contributed by atoms with van der Waals surface area (Å²) < 4.78 is 46.0. The molecule has 0 heterocycles. The molecule has 1 amide bonds. The minimum absolute atomic E-state index is 0.138. The van der Waals surface area contributed by atoms with Crippen molar-refractivity contribution < 1.29 is 37.0 Å². The minimum atomic E-state index is -3.78. The number of sulfonamides is 1. The SMILES string of the molecule is COC(=O)Oc1ccc(/C=N\NC(=O)CN(c2ccc(Oc3ccccc3)cc2)S(C)(=O)=O)cc1OC. The number of carbonyl (C=O) groups is 2. The van der Waals surface area contributed by atoms with Crippen molar-refractivity contribution in [2.24, 2.45) is 5.10 Å². The smallest absolute Gasteiger partial charge is 0.493 e. The van der Waals surface area contributed by atoms with Crippen LogP contribution in [0.5, 0.6) is 23.0 Å². The van der Waals surface area contributed by atoms with Crippen LogP contribution in [0, 0.1) is 0 Å². The van der Waals surface area contributed by atoms with Crippen LogP contribution in [0.1, 0.15) is 5.56 Å². The first kappa shape index (κ1) is 27.0. The van der Waals surface area contributed by atoms with Crippen LogP contribution in [0.4, 0.5) is 10.5 Å². The molecule has 0 aromatic heterocycles. The average molecular weight is 528 g/mol. The van der Waals surface area contributed by atoms with E-state index in [1.165, 1.54) is 32.6 Å². The number of amides is 1. The fourth-order valence-corrected chi connectivity index (χ4v) is 3.89. The lowest BCUT2D eigenvalue weighted by atomic mass is 10.2. The number of benzene rings is 3. The molecule has 12 heteroatoms. The number of ether oxygens (including phenoxy) is 4. The molecular weight excluding hydrogens is 502 g/mol. The molecular formula is C25H25N3O8S. The molecule has 37 heavy (non-hydrogen) atoms. The molecule has 194 valence electrons. The molecule has 0 saturated heterocycles. The van der Waals surface area contributed by atoms with Crippen molar-refractivity contribution in [3.63, 3.8) is 0 Å². The number of anilines is 1. The second-order valence-corrected chi connectivity index (χ2v) is 9.35. The highest BCUT2D eigenvalue weighted by atomic mass is 32.2. The van der Waals surface area contributed by atoms with Crippen LogP contribution in [0.3, 0.4) is 0 Å². The summed E-state index contributed by atoms with van der Waals surface area (Å²) in [5.41, 5.74) is 3.10. The van der Waals surface area contributed by atoms with Crippen LogP contribution < -0.4 is 23.9 Å². The standard InChI is InChI=1S/C25H25N3O8S/c1-33-23-15-18(9-14-22(23)36-25(30)34-2)16-26-27-24(29)17-28(37(3,31)32)19-10-12-21(13-11-19)35-20-7-5-4-6-8-20/h4-16H,17H2,1-3H3,(H,27,29)/b26-16-. The Balaban J connectivity index is 1.64. The van der Waals surface area contributed by atoms with E-state index < -0.39 is 28.6 Å². The largest absolute Gasteiger partial charge is 0.513 e. The third-order valence-corrected chi connectivity index (χ3v) is 5.88. The van der Waals surface area contributed by atoms with Crippen LogP contribution in [0.2, 0.25) is 0 Å². The Morgan fingerprint density at radius 3 is 2.24 bits per heavy atom. The number of nitrogens with one attached hydrogen (secondary N) is 1. The van der Waals surface area contributed by atoms with Gasteiger partial charge in [0.2, 0.25) is 10.0 Å². The van der Waals surface area contributed by atoms with E-state index in [9.17, 15) is 18.0 Å². The summed E-state index contributed by atoms with van der Waals surface area (Å²) in [6, 6.07) is 20.0. The van der Waals surface area contributed by atoms with E-state index >= 15 is 0 Å². The van der Waals surface area contributed by atoms with Gasteiger partial charge in [-0.1, -0.05) is 18.2 Å². The first-order chi connectivity index (χ1) is 17.7. The summed E-state index contributed by atoms with van der Waals surface area (Å²) in [5.74, 6) is 0.860. The second-order valence-electron chi connectivity index (χ2n) is 7.44. The molecule has 0 fully saturated rings. The number of carbonyl (C=O) groups excluding carboxylic acids is 2. The topological polar surface area (TPSA) is 133 Å². The second kappa shape index (κ2) is 12.4. The summed E-state index contributed by atoms with van der Waals surface area (Å²) in [5, 5.41) is 3.86. The fraction of sp³-hybridized carbons (Fsp3) is 0.160. The zero-order valence-electron chi connectivity index (χ0n) is 20.3. The van der Waals surface area contributed by atoms with E-state index in [-0.39, 0.29) is 17.2 Å². The summed E-state index contributed by atoms with van der Waals surface area (Å²) >= 11 is 0. The highest BCUT2D eigenvalue weighted by Gasteiger charge is 2.21. The molecule has 0 radical (unpaired) electrons. The summed E-state index contributed by atoms with van der Waals surface area (Å²) in [4.78, 5) is 23.8. The lowest BCUT2D eigenvalue weighted by Gasteiger charge is -2.21. The Hall–Kier alpha value is -4.58. The van der Waals surface area contributed by atoms with Gasteiger partial charge in [-0.2, -0.15) is 5.10 Å². The third kappa shape index (κ3) is 7.97. The molecule has 0 saturated carbocycles. The van der Waals surface area contributed by atoms with Crippen molar-refractivity contribution in [1.82, 2.24) is 5.43 Å². The Morgan fingerprint density at radius 1 is 0.946 bits per heavy atom. The molecule has 0 spiro atoms. The Kier molecular flexibility index (Phi) is 9.05. The molecule has 3 aromatic carbocycles. The highest BCUT2D eigenvalue weighted by Crippen LogP contribution is 2.28. The normalized spacial score (nSPS) is 11.0. The summed E-state index contributed by atoms with van der Waals surface area (Å²) in [7, 11) is -1.21. The Bertz CT molecular complexity index is 1360. The monoisotopic (exact) mass is 527 g/mol. The van der Waals surface area contributed by atoms with E-state index in [1.54, 1.807) is 42.5 Å². The maximum Gasteiger partial charge on any atom is 0.513 e. The van der Waals surface area contributed by atoms with Crippen molar-refractivity contribution in [3.05, 3.63) is 78.4 Å². The third-order valence-electron chi connectivity index (χ3n) is 4.74. The van der Waals surface area contributed by atoms with Gasteiger partial charge in [-0.25, -0.2) is 18.6 Å². The van der Waals surface area contributed by atoms with Crippen LogP contribution >= 0.6 is 0 Å². The van der Waals surface area contributed by atoms with Gasteiger partial charge in [0.25, 0.3) is 5.91 Å². The molecule has 3 rings (SSSR count). The zero-order valence-corrected chi connectivity index (χ0v) is 21.1. The maximum absolute atomic E-state index is 12.5. The number of hydrazone groups is 1. The van der Waals surface area contributed by atoms with Gasteiger partial charge in [0.15, 0.2) is 11.5 Å². The Labute approximate surface area is 214 Å². The molecule has 0 aliphatic rings. The van der Waals surface area contributed by atoms with Crippen molar-refractivity contribution in [2.45, 2.75) is 0 Å². The van der Waals surface area contributed by atoms with Crippen molar-refractivity contribution >= 4 is 34.0 Å². The fourth-order valence-electron chi connectivity index (χ4n) is 3.03. The number of nitrogens with zero attached hydrogens (tertiary/aromatic N) is 2. The van der Waals surface area contributed by atoms with E-state index in [2.05, 4.69) is 15.3 Å². The number of hydrogen-bond donors (Lipinski definition) is 1. The van der Waals surface area contributed by atoms with Crippen molar-refractivity contribution in [2.75, 3.05) is 31.3 Å².